The predicted octanol–water partition coefficient (Wildman–Crippen LogP) is 4.22. The van der Waals surface area contributed by atoms with Gasteiger partial charge < -0.3 is 15.5 Å². The van der Waals surface area contributed by atoms with Crippen molar-refractivity contribution in [1.29, 1.82) is 5.26 Å². The van der Waals surface area contributed by atoms with Crippen LogP contribution in [0.3, 0.4) is 0 Å². The van der Waals surface area contributed by atoms with Crippen LogP contribution in [0.5, 0.6) is 0 Å². The molecule has 0 bridgehead atoms. The Morgan fingerprint density at radius 2 is 2.03 bits per heavy atom. The summed E-state index contributed by atoms with van der Waals surface area (Å²) >= 11 is 9.00. The van der Waals surface area contributed by atoms with Crippen LogP contribution in [0, 0.1) is 11.3 Å². The Balaban J connectivity index is 1.37. The van der Waals surface area contributed by atoms with E-state index < -0.39 is 0 Å². The van der Waals surface area contributed by atoms with E-state index in [1.165, 1.54) is 0 Å². The minimum absolute atomic E-state index is 0.292. The molecule has 2 heterocycles. The number of halogens is 1. The molecule has 0 atom stereocenters. The van der Waals surface area contributed by atoms with Gasteiger partial charge in [0.2, 0.25) is 0 Å². The zero-order chi connectivity index (χ0) is 20.2. The van der Waals surface area contributed by atoms with Crippen molar-refractivity contribution >= 4 is 55.5 Å². The summed E-state index contributed by atoms with van der Waals surface area (Å²) in [6.07, 6.45) is 3.70. The molecule has 8 heteroatoms. The maximum absolute atomic E-state index is 9.01. The van der Waals surface area contributed by atoms with Gasteiger partial charge in [-0.3, -0.25) is 0 Å². The molecule has 2 aromatic carbocycles. The number of piperidine rings is 1. The fourth-order valence-electron chi connectivity index (χ4n) is 3.52. The Hall–Kier alpha value is -2.76. The number of benzene rings is 2. The summed E-state index contributed by atoms with van der Waals surface area (Å²) in [6.45, 7) is 1.76. The smallest absolute Gasteiger partial charge is 0.170 e. The lowest BCUT2D eigenvalue weighted by atomic mass is 10.0. The van der Waals surface area contributed by atoms with Crippen LogP contribution in [0.1, 0.15) is 18.4 Å². The van der Waals surface area contributed by atoms with E-state index in [9.17, 15) is 0 Å². The normalized spacial score (nSPS) is 14.4. The first-order valence-corrected chi connectivity index (χ1v) is 10.6. The second kappa shape index (κ2) is 8.72. The van der Waals surface area contributed by atoms with Crippen LogP contribution in [0.4, 0.5) is 11.5 Å². The van der Waals surface area contributed by atoms with Crippen LogP contribution < -0.4 is 15.5 Å². The summed E-state index contributed by atoms with van der Waals surface area (Å²) in [5.74, 6) is 0.927. The fourth-order valence-corrected chi connectivity index (χ4v) is 4.17. The first-order valence-electron chi connectivity index (χ1n) is 9.36. The van der Waals surface area contributed by atoms with Gasteiger partial charge in [0.1, 0.15) is 0 Å². The van der Waals surface area contributed by atoms with Crippen LogP contribution in [-0.4, -0.2) is 34.4 Å². The summed E-state index contributed by atoms with van der Waals surface area (Å²) in [7, 11) is 0. The Morgan fingerprint density at radius 1 is 1.21 bits per heavy atom. The summed E-state index contributed by atoms with van der Waals surface area (Å²) in [5.41, 5.74) is 1.42. The number of nitrogens with one attached hydrogen (secondary N) is 2. The molecule has 146 valence electrons. The molecule has 1 aromatic heterocycles. The molecule has 6 nitrogen and oxygen atoms in total. The number of hydrogen-bond acceptors (Lipinski definition) is 5. The third-order valence-electron chi connectivity index (χ3n) is 4.98. The maximum atomic E-state index is 9.01. The molecule has 1 aliphatic rings. The lowest BCUT2D eigenvalue weighted by Gasteiger charge is -2.34. The van der Waals surface area contributed by atoms with Crippen molar-refractivity contribution < 1.29 is 0 Å². The van der Waals surface area contributed by atoms with Gasteiger partial charge in [0, 0.05) is 40.1 Å². The Kier molecular flexibility index (Phi) is 5.88. The molecule has 4 rings (SSSR count). The van der Waals surface area contributed by atoms with Crippen molar-refractivity contribution in [3.63, 3.8) is 0 Å². The van der Waals surface area contributed by atoms with Crippen LogP contribution in [-0.2, 0) is 0 Å². The van der Waals surface area contributed by atoms with Crippen molar-refractivity contribution in [3.05, 3.63) is 58.7 Å². The molecule has 0 spiro atoms. The summed E-state index contributed by atoms with van der Waals surface area (Å²) < 4.78 is 1.03. The van der Waals surface area contributed by atoms with Crippen molar-refractivity contribution in [2.75, 3.05) is 23.3 Å². The molecule has 0 radical (unpaired) electrons. The number of aromatic nitrogens is 2. The molecule has 1 fully saturated rings. The lowest BCUT2D eigenvalue weighted by molar-refractivity contribution is 0.466. The molecule has 29 heavy (non-hydrogen) atoms. The summed E-state index contributed by atoms with van der Waals surface area (Å²) in [6, 6.07) is 15.9. The number of nitriles is 1. The van der Waals surface area contributed by atoms with Crippen molar-refractivity contribution in [3.8, 4) is 6.07 Å². The van der Waals surface area contributed by atoms with E-state index in [0.717, 1.165) is 52.7 Å². The molecule has 0 amide bonds. The van der Waals surface area contributed by atoms with Crippen LogP contribution in [0.15, 0.2) is 53.1 Å². The maximum Gasteiger partial charge on any atom is 0.170 e. The van der Waals surface area contributed by atoms with E-state index in [1.54, 1.807) is 18.3 Å². The fraction of sp³-hybridized carbons (Fsp3) is 0.238. The monoisotopic (exact) mass is 466 g/mol. The van der Waals surface area contributed by atoms with Gasteiger partial charge in [0.25, 0.3) is 0 Å². The van der Waals surface area contributed by atoms with Crippen molar-refractivity contribution in [1.82, 2.24) is 15.5 Å². The largest absolute Gasteiger partial charge is 0.360 e. The number of anilines is 2. The quantitative estimate of drug-likeness (QED) is 0.559. The SMILES string of the molecule is N#Cc1cccc(NC(=S)NC2CCN(c3nncc4ccc(Br)cc34)CC2)c1. The zero-order valence-corrected chi connectivity index (χ0v) is 18.0. The highest BCUT2D eigenvalue weighted by Crippen LogP contribution is 2.28. The second-order valence-corrected chi connectivity index (χ2v) is 8.28. The topological polar surface area (TPSA) is 76.9 Å². The molecule has 0 unspecified atom stereocenters. The van der Waals surface area contributed by atoms with Crippen molar-refractivity contribution in [2.24, 2.45) is 0 Å². The number of nitrogens with zero attached hydrogens (tertiary/aromatic N) is 4. The van der Waals surface area contributed by atoms with Crippen molar-refractivity contribution in [2.45, 2.75) is 18.9 Å². The number of fused-ring (bicyclic) bond motifs is 1. The van der Waals surface area contributed by atoms with E-state index in [1.807, 2.05) is 18.2 Å². The van der Waals surface area contributed by atoms with E-state index in [0.29, 0.717) is 16.7 Å². The highest BCUT2D eigenvalue weighted by Gasteiger charge is 2.22. The third kappa shape index (κ3) is 4.63. The van der Waals surface area contributed by atoms with Gasteiger partial charge in [-0.15, -0.1) is 5.10 Å². The Labute approximate surface area is 183 Å². The predicted molar refractivity (Wildman–Crippen MR) is 123 cm³/mol. The van der Waals surface area contributed by atoms with E-state index in [-0.39, 0.29) is 0 Å². The van der Waals surface area contributed by atoms with E-state index >= 15 is 0 Å². The highest BCUT2D eigenvalue weighted by atomic mass is 79.9. The number of hydrogen-bond donors (Lipinski definition) is 2. The first kappa shape index (κ1) is 19.6. The molecule has 1 saturated heterocycles. The summed E-state index contributed by atoms with van der Waals surface area (Å²) in [4.78, 5) is 2.28. The minimum Gasteiger partial charge on any atom is -0.360 e. The molecule has 0 saturated carbocycles. The van der Waals surface area contributed by atoms with Gasteiger partial charge in [-0.25, -0.2) is 0 Å². The minimum atomic E-state index is 0.292. The lowest BCUT2D eigenvalue weighted by Crippen LogP contribution is -2.46. The van der Waals surface area contributed by atoms with Gasteiger partial charge in [-0.05, 0) is 55.4 Å². The van der Waals surface area contributed by atoms with Crippen LogP contribution in [0.2, 0.25) is 0 Å². The first-order chi connectivity index (χ1) is 14.1. The average molecular weight is 467 g/mol. The standard InChI is InChI=1S/C21H19BrN6S/c22-16-5-4-15-13-24-27-20(19(15)11-16)28-8-6-17(7-9-28)25-21(29)26-18-3-1-2-14(10-18)12-23/h1-5,10-11,13,17H,6-9H2,(H2,25,26,29). The number of rotatable bonds is 3. The second-order valence-electron chi connectivity index (χ2n) is 6.95. The average Bonchev–Trinajstić information content (AvgIpc) is 2.74. The zero-order valence-electron chi connectivity index (χ0n) is 15.6. The van der Waals surface area contributed by atoms with Gasteiger partial charge in [0.05, 0.1) is 17.8 Å². The molecule has 2 N–H and O–H groups in total. The van der Waals surface area contributed by atoms with Gasteiger partial charge in [0.15, 0.2) is 10.9 Å². The van der Waals surface area contributed by atoms with E-state index in [2.05, 4.69) is 59.9 Å². The van der Waals surface area contributed by atoms with Crippen LogP contribution >= 0.6 is 28.1 Å². The van der Waals surface area contributed by atoms with Gasteiger partial charge >= 0.3 is 0 Å². The van der Waals surface area contributed by atoms with Crippen LogP contribution in [0.25, 0.3) is 10.8 Å². The molecule has 1 aliphatic heterocycles. The molecular weight excluding hydrogens is 448 g/mol. The third-order valence-corrected chi connectivity index (χ3v) is 5.70. The summed E-state index contributed by atoms with van der Waals surface area (Å²) in [5, 5.41) is 26.9. The molecule has 3 aromatic rings. The van der Waals surface area contributed by atoms with Gasteiger partial charge in [-0.2, -0.15) is 10.4 Å². The highest BCUT2D eigenvalue weighted by molar-refractivity contribution is 9.10. The Bertz CT molecular complexity index is 1090. The van der Waals surface area contributed by atoms with E-state index in [4.69, 9.17) is 17.5 Å². The molecule has 0 aliphatic carbocycles. The Morgan fingerprint density at radius 3 is 2.83 bits per heavy atom. The van der Waals surface area contributed by atoms with Gasteiger partial charge in [-0.1, -0.05) is 28.1 Å². The number of thiocarbonyl (C=S) groups is 1. The molecular formula is C21H19BrN6S.